The van der Waals surface area contributed by atoms with Crippen molar-refractivity contribution >= 4 is 11.5 Å². The molecule has 1 N–H and O–H groups in total. The van der Waals surface area contributed by atoms with Crippen molar-refractivity contribution in [2.75, 3.05) is 27.3 Å². The van der Waals surface area contributed by atoms with Crippen LogP contribution in [0, 0.1) is 16.0 Å². The fourth-order valence-electron chi connectivity index (χ4n) is 2.52. The SMILES string of the molecule is COc1cc(OC)c([N+](=O)[O-])cc1C(=O)C1CCNCC1. The number of hydrogen-bond donors (Lipinski definition) is 1. The third-order valence-electron chi connectivity index (χ3n) is 3.67. The van der Waals surface area contributed by atoms with Gasteiger partial charge in [-0.1, -0.05) is 0 Å². The molecule has 1 aromatic rings. The molecule has 1 heterocycles. The summed E-state index contributed by atoms with van der Waals surface area (Å²) in [6, 6.07) is 2.65. The van der Waals surface area contributed by atoms with E-state index in [-0.39, 0.29) is 28.7 Å². The van der Waals surface area contributed by atoms with Crippen LogP contribution in [-0.4, -0.2) is 38.0 Å². The summed E-state index contributed by atoms with van der Waals surface area (Å²) in [6.45, 7) is 1.55. The number of Topliss-reactive ketones (excluding diaryl/α,β-unsaturated/α-hetero) is 1. The highest BCUT2D eigenvalue weighted by Gasteiger charge is 2.28. The van der Waals surface area contributed by atoms with Crippen molar-refractivity contribution < 1.29 is 19.2 Å². The van der Waals surface area contributed by atoms with E-state index in [4.69, 9.17) is 9.47 Å². The molecule has 114 valence electrons. The van der Waals surface area contributed by atoms with Gasteiger partial charge in [-0.05, 0) is 25.9 Å². The minimum absolute atomic E-state index is 0.0821. The Hall–Kier alpha value is -2.15. The van der Waals surface area contributed by atoms with Crippen molar-refractivity contribution in [1.82, 2.24) is 5.32 Å². The average Bonchev–Trinajstić information content (AvgIpc) is 2.53. The van der Waals surface area contributed by atoms with Gasteiger partial charge in [-0.25, -0.2) is 0 Å². The maximum atomic E-state index is 12.6. The Bertz CT molecular complexity index is 553. The molecular formula is C14H18N2O5. The Balaban J connectivity index is 2.43. The second-order valence-electron chi connectivity index (χ2n) is 4.87. The summed E-state index contributed by atoms with van der Waals surface area (Å²) >= 11 is 0. The molecule has 1 saturated heterocycles. The van der Waals surface area contributed by atoms with E-state index < -0.39 is 4.92 Å². The number of methoxy groups -OCH3 is 2. The highest BCUT2D eigenvalue weighted by molar-refractivity contribution is 6.01. The first-order valence-electron chi connectivity index (χ1n) is 6.73. The van der Waals surface area contributed by atoms with Crippen molar-refractivity contribution in [2.45, 2.75) is 12.8 Å². The van der Waals surface area contributed by atoms with Crippen LogP contribution in [0.4, 0.5) is 5.69 Å². The smallest absolute Gasteiger partial charge is 0.311 e. The van der Waals surface area contributed by atoms with E-state index in [2.05, 4.69) is 5.32 Å². The molecule has 1 fully saturated rings. The van der Waals surface area contributed by atoms with E-state index in [0.29, 0.717) is 5.75 Å². The minimum atomic E-state index is -0.558. The predicted octanol–water partition coefficient (Wildman–Crippen LogP) is 1.79. The quantitative estimate of drug-likeness (QED) is 0.506. The number of piperidine rings is 1. The number of benzene rings is 1. The lowest BCUT2D eigenvalue weighted by atomic mass is 9.89. The third kappa shape index (κ3) is 3.13. The molecule has 1 aromatic carbocycles. The second kappa shape index (κ2) is 6.53. The van der Waals surface area contributed by atoms with Gasteiger partial charge >= 0.3 is 5.69 Å². The van der Waals surface area contributed by atoms with Crippen molar-refractivity contribution in [3.05, 3.63) is 27.8 Å². The van der Waals surface area contributed by atoms with E-state index in [0.717, 1.165) is 25.9 Å². The molecule has 0 bridgehead atoms. The fraction of sp³-hybridized carbons (Fsp3) is 0.500. The van der Waals surface area contributed by atoms with Crippen molar-refractivity contribution in [1.29, 1.82) is 0 Å². The van der Waals surface area contributed by atoms with E-state index in [1.807, 2.05) is 0 Å². The molecule has 0 unspecified atom stereocenters. The molecule has 7 nitrogen and oxygen atoms in total. The van der Waals surface area contributed by atoms with E-state index >= 15 is 0 Å². The first-order chi connectivity index (χ1) is 10.1. The van der Waals surface area contributed by atoms with Crippen LogP contribution in [-0.2, 0) is 0 Å². The topological polar surface area (TPSA) is 90.7 Å². The van der Waals surface area contributed by atoms with Crippen molar-refractivity contribution in [3.63, 3.8) is 0 Å². The summed E-state index contributed by atoms with van der Waals surface area (Å²) in [5.41, 5.74) is 0.0208. The summed E-state index contributed by atoms with van der Waals surface area (Å²) in [7, 11) is 2.77. The number of nitrogens with zero attached hydrogens (tertiary/aromatic N) is 1. The minimum Gasteiger partial charge on any atom is -0.496 e. The molecule has 0 saturated carbocycles. The average molecular weight is 294 g/mol. The number of ether oxygens (including phenoxy) is 2. The number of nitrogens with one attached hydrogen (secondary N) is 1. The molecule has 1 aliphatic heterocycles. The lowest BCUT2D eigenvalue weighted by Crippen LogP contribution is -2.32. The van der Waals surface area contributed by atoms with E-state index in [1.165, 1.54) is 26.4 Å². The summed E-state index contributed by atoms with van der Waals surface area (Å²) < 4.78 is 10.2. The summed E-state index contributed by atoms with van der Waals surface area (Å²) in [4.78, 5) is 23.1. The van der Waals surface area contributed by atoms with Crippen LogP contribution in [0.5, 0.6) is 11.5 Å². The fourth-order valence-corrected chi connectivity index (χ4v) is 2.52. The molecule has 1 aliphatic rings. The third-order valence-corrected chi connectivity index (χ3v) is 3.67. The molecule has 0 spiro atoms. The zero-order valence-corrected chi connectivity index (χ0v) is 12.0. The van der Waals surface area contributed by atoms with Crippen LogP contribution in [0.3, 0.4) is 0 Å². The molecule has 7 heteroatoms. The first-order valence-corrected chi connectivity index (χ1v) is 6.73. The molecule has 0 atom stereocenters. The summed E-state index contributed by atoms with van der Waals surface area (Å²) in [6.07, 6.45) is 1.45. The Morgan fingerprint density at radius 1 is 1.24 bits per heavy atom. The standard InChI is InChI=1S/C14H18N2O5/c1-20-12-8-13(21-2)11(16(18)19)7-10(12)14(17)9-3-5-15-6-4-9/h7-9,15H,3-6H2,1-2H3. The molecule has 21 heavy (non-hydrogen) atoms. The Morgan fingerprint density at radius 3 is 2.38 bits per heavy atom. The Kier molecular flexibility index (Phi) is 4.74. The largest absolute Gasteiger partial charge is 0.496 e. The highest BCUT2D eigenvalue weighted by Crippen LogP contribution is 2.36. The molecule has 0 radical (unpaired) electrons. The van der Waals surface area contributed by atoms with Crippen LogP contribution in [0.1, 0.15) is 23.2 Å². The van der Waals surface area contributed by atoms with Gasteiger partial charge < -0.3 is 14.8 Å². The summed E-state index contributed by atoms with van der Waals surface area (Å²) in [5, 5.41) is 14.3. The van der Waals surface area contributed by atoms with Crippen LogP contribution in [0.2, 0.25) is 0 Å². The van der Waals surface area contributed by atoms with Gasteiger partial charge in [0.15, 0.2) is 5.78 Å². The van der Waals surface area contributed by atoms with Gasteiger partial charge in [0.2, 0.25) is 5.75 Å². The van der Waals surface area contributed by atoms with E-state index in [1.54, 1.807) is 0 Å². The number of rotatable bonds is 5. The number of carbonyl (C=O) groups excluding carboxylic acids is 1. The zero-order valence-electron chi connectivity index (χ0n) is 12.0. The molecule has 0 amide bonds. The highest BCUT2D eigenvalue weighted by atomic mass is 16.6. The van der Waals surface area contributed by atoms with Crippen LogP contribution >= 0.6 is 0 Å². The number of hydrogen-bond acceptors (Lipinski definition) is 6. The van der Waals surface area contributed by atoms with Crippen LogP contribution in [0.25, 0.3) is 0 Å². The second-order valence-corrected chi connectivity index (χ2v) is 4.87. The molecule has 0 aromatic heterocycles. The van der Waals surface area contributed by atoms with E-state index in [9.17, 15) is 14.9 Å². The monoisotopic (exact) mass is 294 g/mol. The van der Waals surface area contributed by atoms with Gasteiger partial charge in [-0.15, -0.1) is 0 Å². The number of ketones is 1. The van der Waals surface area contributed by atoms with Crippen molar-refractivity contribution in [2.24, 2.45) is 5.92 Å². The normalized spacial score (nSPS) is 15.5. The van der Waals surface area contributed by atoms with Crippen molar-refractivity contribution in [3.8, 4) is 11.5 Å². The molecular weight excluding hydrogens is 276 g/mol. The van der Waals surface area contributed by atoms with Gasteiger partial charge in [-0.3, -0.25) is 14.9 Å². The maximum Gasteiger partial charge on any atom is 0.311 e. The zero-order chi connectivity index (χ0) is 15.4. The van der Waals surface area contributed by atoms with Gasteiger partial charge in [-0.2, -0.15) is 0 Å². The lowest BCUT2D eigenvalue weighted by Gasteiger charge is -2.22. The molecule has 0 aliphatic carbocycles. The van der Waals surface area contributed by atoms with Gasteiger partial charge in [0.05, 0.1) is 24.7 Å². The van der Waals surface area contributed by atoms with Gasteiger partial charge in [0.25, 0.3) is 0 Å². The first kappa shape index (κ1) is 15.2. The Labute approximate surface area is 122 Å². The van der Waals surface area contributed by atoms with Crippen LogP contribution < -0.4 is 14.8 Å². The lowest BCUT2D eigenvalue weighted by molar-refractivity contribution is -0.385. The number of carbonyl (C=O) groups is 1. The predicted molar refractivity (Wildman–Crippen MR) is 76.1 cm³/mol. The summed E-state index contributed by atoms with van der Waals surface area (Å²) in [5.74, 6) is 0.145. The number of nitro groups is 1. The van der Waals surface area contributed by atoms with Crippen LogP contribution in [0.15, 0.2) is 12.1 Å². The Morgan fingerprint density at radius 2 is 1.86 bits per heavy atom. The maximum absolute atomic E-state index is 12.6. The number of nitro benzene ring substituents is 1. The van der Waals surface area contributed by atoms with Gasteiger partial charge in [0, 0.05) is 18.1 Å². The van der Waals surface area contributed by atoms with Gasteiger partial charge in [0.1, 0.15) is 5.75 Å². The molecule has 2 rings (SSSR count).